The molecule has 0 saturated carbocycles. The minimum Gasteiger partial charge on any atom is -0.382 e. The summed E-state index contributed by atoms with van der Waals surface area (Å²) in [4.78, 5) is 15.7. The molecule has 1 atom stereocenters. The van der Waals surface area contributed by atoms with E-state index in [2.05, 4.69) is 5.32 Å². The summed E-state index contributed by atoms with van der Waals surface area (Å²) < 4.78 is 51.3. The van der Waals surface area contributed by atoms with Gasteiger partial charge in [-0.25, -0.2) is 4.79 Å². The zero-order chi connectivity index (χ0) is 23.4. The van der Waals surface area contributed by atoms with Gasteiger partial charge in [0.25, 0.3) is 0 Å². The van der Waals surface area contributed by atoms with Gasteiger partial charge in [-0.05, 0) is 36.5 Å². The maximum atomic E-state index is 13.5. The Morgan fingerprint density at radius 1 is 1.31 bits per heavy atom. The highest BCUT2D eigenvalue weighted by molar-refractivity contribution is 5.73. The molecule has 2 aliphatic rings. The smallest absolute Gasteiger partial charge is 0.382 e. The average Bonchev–Trinajstić information content (AvgIpc) is 3.13. The molecular weight excluding hydrogens is 425 g/mol. The number of nitrogens with one attached hydrogen (secondary N) is 1. The number of benzene rings is 1. The predicted molar refractivity (Wildman–Crippen MR) is 112 cm³/mol. The van der Waals surface area contributed by atoms with Crippen molar-refractivity contribution in [2.24, 2.45) is 11.3 Å². The largest absolute Gasteiger partial charge is 0.417 e. The zero-order valence-electron chi connectivity index (χ0n) is 18.4. The summed E-state index contributed by atoms with van der Waals surface area (Å²) in [5.41, 5.74) is -1.01. The van der Waals surface area contributed by atoms with Crippen molar-refractivity contribution >= 4 is 11.7 Å². The highest BCUT2D eigenvalue weighted by atomic mass is 19.4. The van der Waals surface area contributed by atoms with Crippen LogP contribution in [-0.2, 0) is 15.7 Å². The van der Waals surface area contributed by atoms with E-state index in [9.17, 15) is 18.0 Å². The third-order valence-electron chi connectivity index (χ3n) is 6.62. The number of rotatable bonds is 6. The van der Waals surface area contributed by atoms with Crippen LogP contribution >= 0.6 is 0 Å². The molecule has 1 spiro atoms. The first-order valence-corrected chi connectivity index (χ1v) is 10.6. The number of nitriles is 1. The van der Waals surface area contributed by atoms with Crippen molar-refractivity contribution in [3.05, 3.63) is 29.3 Å². The van der Waals surface area contributed by atoms with Crippen LogP contribution in [-0.4, -0.2) is 71.1 Å². The van der Waals surface area contributed by atoms with Gasteiger partial charge in [0.2, 0.25) is 0 Å². The molecule has 0 bridgehead atoms. The summed E-state index contributed by atoms with van der Waals surface area (Å²) in [5, 5.41) is 11.7. The summed E-state index contributed by atoms with van der Waals surface area (Å²) in [5.74, 6) is 0.108. The van der Waals surface area contributed by atoms with Crippen molar-refractivity contribution in [3.63, 3.8) is 0 Å². The molecule has 2 heterocycles. The van der Waals surface area contributed by atoms with Crippen LogP contribution in [0.1, 0.15) is 24.0 Å². The standard InChI is InChI=1S/C22H29F3N4O3/c1-27-20(30)28-7-5-21(6-8-28)15-29(13-17(21)14-32-10-9-31-2)18-4-3-16(12-26)19(11-18)22(23,24)25/h3-4,11,17H,5-10,13-15H2,1-2H3,(H,27,30). The van der Waals surface area contributed by atoms with E-state index < -0.39 is 11.7 Å². The van der Waals surface area contributed by atoms with Gasteiger partial charge in [-0.1, -0.05) is 0 Å². The fourth-order valence-corrected chi connectivity index (χ4v) is 4.77. The van der Waals surface area contributed by atoms with Gasteiger partial charge in [-0.3, -0.25) is 0 Å². The number of hydrogen-bond acceptors (Lipinski definition) is 5. The minimum absolute atomic E-state index is 0.108. The molecule has 2 amide bonds. The van der Waals surface area contributed by atoms with E-state index in [1.54, 1.807) is 31.2 Å². The van der Waals surface area contributed by atoms with E-state index in [4.69, 9.17) is 14.7 Å². The number of carbonyl (C=O) groups is 1. The summed E-state index contributed by atoms with van der Waals surface area (Å²) in [6.45, 7) is 3.70. The number of amides is 2. The van der Waals surface area contributed by atoms with E-state index in [1.807, 2.05) is 4.90 Å². The molecule has 0 aliphatic carbocycles. The van der Waals surface area contributed by atoms with E-state index in [0.29, 0.717) is 51.7 Å². The first kappa shape index (κ1) is 24.1. The molecule has 1 aromatic carbocycles. The molecule has 0 radical (unpaired) electrons. The lowest BCUT2D eigenvalue weighted by atomic mass is 9.71. The molecule has 10 heteroatoms. The number of nitrogens with zero attached hydrogens (tertiary/aromatic N) is 3. The maximum absolute atomic E-state index is 13.5. The van der Waals surface area contributed by atoms with Crippen LogP contribution in [0.5, 0.6) is 0 Å². The average molecular weight is 454 g/mol. The fraction of sp³-hybridized carbons (Fsp3) is 0.636. The van der Waals surface area contributed by atoms with Crippen molar-refractivity contribution in [3.8, 4) is 6.07 Å². The number of hydrogen-bond donors (Lipinski definition) is 1. The number of ether oxygens (including phenoxy) is 2. The molecule has 3 rings (SSSR count). The Bertz CT molecular complexity index is 848. The van der Waals surface area contributed by atoms with Gasteiger partial charge < -0.3 is 24.6 Å². The van der Waals surface area contributed by atoms with Gasteiger partial charge in [-0.2, -0.15) is 18.4 Å². The predicted octanol–water partition coefficient (Wildman–Crippen LogP) is 3.10. The van der Waals surface area contributed by atoms with E-state index in [0.717, 1.165) is 18.9 Å². The van der Waals surface area contributed by atoms with Crippen LogP contribution in [0.2, 0.25) is 0 Å². The maximum Gasteiger partial charge on any atom is 0.417 e. The van der Waals surface area contributed by atoms with Gasteiger partial charge in [0.05, 0.1) is 37.0 Å². The fourth-order valence-electron chi connectivity index (χ4n) is 4.77. The lowest BCUT2D eigenvalue weighted by Gasteiger charge is -2.42. The number of halogens is 3. The van der Waals surface area contributed by atoms with Crippen molar-refractivity contribution in [2.75, 3.05) is 65.1 Å². The number of piperidine rings is 1. The van der Waals surface area contributed by atoms with Crippen LogP contribution in [0.4, 0.5) is 23.7 Å². The number of alkyl halides is 3. The van der Waals surface area contributed by atoms with Crippen molar-refractivity contribution in [2.45, 2.75) is 19.0 Å². The van der Waals surface area contributed by atoms with E-state index in [1.165, 1.54) is 6.07 Å². The number of anilines is 1. The van der Waals surface area contributed by atoms with Crippen LogP contribution in [0, 0.1) is 22.7 Å². The summed E-state index contributed by atoms with van der Waals surface area (Å²) in [6, 6.07) is 5.40. The lowest BCUT2D eigenvalue weighted by Crippen LogP contribution is -2.49. The molecule has 7 nitrogen and oxygen atoms in total. The lowest BCUT2D eigenvalue weighted by molar-refractivity contribution is -0.137. The molecule has 2 aliphatic heterocycles. The summed E-state index contributed by atoms with van der Waals surface area (Å²) >= 11 is 0. The Kier molecular flexibility index (Phi) is 7.51. The Morgan fingerprint density at radius 3 is 2.62 bits per heavy atom. The first-order chi connectivity index (χ1) is 15.2. The van der Waals surface area contributed by atoms with E-state index >= 15 is 0 Å². The van der Waals surface area contributed by atoms with Crippen molar-refractivity contribution in [1.82, 2.24) is 10.2 Å². The normalized spacial score (nSPS) is 20.4. The molecule has 2 fully saturated rings. The zero-order valence-corrected chi connectivity index (χ0v) is 18.4. The molecule has 2 saturated heterocycles. The Morgan fingerprint density at radius 2 is 2.03 bits per heavy atom. The molecule has 1 N–H and O–H groups in total. The van der Waals surface area contributed by atoms with Gasteiger partial charge in [0.15, 0.2) is 0 Å². The van der Waals surface area contributed by atoms with Crippen LogP contribution < -0.4 is 10.2 Å². The molecular formula is C22H29F3N4O3. The van der Waals surface area contributed by atoms with Crippen LogP contribution in [0.15, 0.2) is 18.2 Å². The first-order valence-electron chi connectivity index (χ1n) is 10.6. The quantitative estimate of drug-likeness (QED) is 0.669. The highest BCUT2D eigenvalue weighted by Gasteiger charge is 2.49. The molecule has 0 aromatic heterocycles. The third kappa shape index (κ3) is 5.10. The minimum atomic E-state index is -4.60. The number of carbonyl (C=O) groups excluding carboxylic acids is 1. The van der Waals surface area contributed by atoms with Crippen LogP contribution in [0.25, 0.3) is 0 Å². The topological polar surface area (TPSA) is 77.8 Å². The second-order valence-electron chi connectivity index (χ2n) is 8.39. The monoisotopic (exact) mass is 454 g/mol. The van der Waals surface area contributed by atoms with Crippen molar-refractivity contribution in [1.29, 1.82) is 5.26 Å². The van der Waals surface area contributed by atoms with Crippen LogP contribution in [0.3, 0.4) is 0 Å². The molecule has 1 aromatic rings. The molecule has 176 valence electrons. The second kappa shape index (κ2) is 9.96. The van der Waals surface area contributed by atoms with Gasteiger partial charge in [0, 0.05) is 51.9 Å². The number of urea groups is 1. The summed E-state index contributed by atoms with van der Waals surface area (Å²) in [6.07, 6.45) is -3.10. The Balaban J connectivity index is 1.82. The summed E-state index contributed by atoms with van der Waals surface area (Å²) in [7, 11) is 3.19. The number of methoxy groups -OCH3 is 1. The number of likely N-dealkylation sites (tertiary alicyclic amines) is 1. The van der Waals surface area contributed by atoms with E-state index in [-0.39, 0.29) is 22.9 Å². The Labute approximate surface area is 186 Å². The highest BCUT2D eigenvalue weighted by Crippen LogP contribution is 2.47. The van der Waals surface area contributed by atoms with Crippen molar-refractivity contribution < 1.29 is 27.4 Å². The Hall–Kier alpha value is -2.51. The second-order valence-corrected chi connectivity index (χ2v) is 8.39. The molecule has 1 unspecified atom stereocenters. The van der Waals surface area contributed by atoms with Gasteiger partial charge in [0.1, 0.15) is 0 Å². The van der Waals surface area contributed by atoms with Gasteiger partial charge in [-0.15, -0.1) is 0 Å². The SMILES string of the molecule is CNC(=O)N1CCC2(CC1)CN(c1ccc(C#N)c(C(F)(F)F)c1)CC2COCCOC. The van der Waals surface area contributed by atoms with Gasteiger partial charge >= 0.3 is 12.2 Å². The molecule has 32 heavy (non-hydrogen) atoms. The third-order valence-corrected chi connectivity index (χ3v) is 6.62.